The van der Waals surface area contributed by atoms with E-state index in [1.165, 1.54) is 77.0 Å². The standard InChI is InChI=1S/C27H44N4OS2/c1-5-7-9-11-13-15-19-33-26-29-25(28-23-18-17-21(3)24(32)22(23)4)30-27(31-26)34-20-16-14-12-10-8-6-2/h17-18,32H,5-16,19-20H2,1-4H3,(H,28,29,30,31). The van der Waals surface area contributed by atoms with E-state index < -0.39 is 0 Å². The van der Waals surface area contributed by atoms with E-state index in [1.54, 1.807) is 23.5 Å². The summed E-state index contributed by atoms with van der Waals surface area (Å²) in [6.07, 6.45) is 15.5. The van der Waals surface area contributed by atoms with Crippen LogP contribution in [0.1, 0.15) is 102 Å². The zero-order valence-electron chi connectivity index (χ0n) is 21.7. The van der Waals surface area contributed by atoms with E-state index in [2.05, 4.69) is 29.1 Å². The van der Waals surface area contributed by atoms with Crippen molar-refractivity contribution >= 4 is 35.2 Å². The van der Waals surface area contributed by atoms with Gasteiger partial charge < -0.3 is 10.4 Å². The van der Waals surface area contributed by atoms with Crippen molar-refractivity contribution in [2.75, 3.05) is 16.8 Å². The molecule has 0 amide bonds. The van der Waals surface area contributed by atoms with Gasteiger partial charge in [-0.2, -0.15) is 15.0 Å². The topological polar surface area (TPSA) is 70.9 Å². The summed E-state index contributed by atoms with van der Waals surface area (Å²) in [7, 11) is 0. The maximum absolute atomic E-state index is 10.3. The van der Waals surface area contributed by atoms with Gasteiger partial charge in [0.05, 0.1) is 0 Å². The minimum Gasteiger partial charge on any atom is -0.507 e. The zero-order chi connectivity index (χ0) is 24.6. The van der Waals surface area contributed by atoms with E-state index in [0.717, 1.165) is 38.6 Å². The van der Waals surface area contributed by atoms with E-state index in [1.807, 2.05) is 26.0 Å². The van der Waals surface area contributed by atoms with Crippen LogP contribution in [0.5, 0.6) is 5.75 Å². The predicted molar refractivity (Wildman–Crippen MR) is 149 cm³/mol. The Morgan fingerprint density at radius 1 is 0.706 bits per heavy atom. The normalized spacial score (nSPS) is 11.2. The van der Waals surface area contributed by atoms with Crippen molar-refractivity contribution in [2.45, 2.75) is 115 Å². The summed E-state index contributed by atoms with van der Waals surface area (Å²) in [5, 5.41) is 15.2. The molecule has 34 heavy (non-hydrogen) atoms. The number of anilines is 2. The molecule has 1 heterocycles. The van der Waals surface area contributed by atoms with Gasteiger partial charge in [-0.05, 0) is 38.3 Å². The minimum absolute atomic E-state index is 0.314. The highest BCUT2D eigenvalue weighted by atomic mass is 32.2. The van der Waals surface area contributed by atoms with Crippen LogP contribution < -0.4 is 5.32 Å². The van der Waals surface area contributed by atoms with Crippen molar-refractivity contribution in [2.24, 2.45) is 0 Å². The summed E-state index contributed by atoms with van der Waals surface area (Å²) in [4.78, 5) is 14.1. The number of nitrogens with zero attached hydrogens (tertiary/aromatic N) is 3. The largest absolute Gasteiger partial charge is 0.507 e. The Kier molecular flexibility index (Phi) is 14.4. The molecule has 0 unspecified atom stereocenters. The third kappa shape index (κ3) is 10.9. The van der Waals surface area contributed by atoms with Gasteiger partial charge >= 0.3 is 0 Å². The van der Waals surface area contributed by atoms with Gasteiger partial charge in [-0.25, -0.2) is 0 Å². The second-order valence-corrected chi connectivity index (χ2v) is 11.1. The number of phenolic OH excluding ortho intramolecular Hbond substituents is 1. The maximum Gasteiger partial charge on any atom is 0.232 e. The molecule has 1 aromatic heterocycles. The van der Waals surface area contributed by atoms with E-state index in [9.17, 15) is 5.11 Å². The van der Waals surface area contributed by atoms with Gasteiger partial charge in [-0.1, -0.05) is 108 Å². The van der Waals surface area contributed by atoms with Crippen LogP contribution in [0.15, 0.2) is 22.4 Å². The number of thioether (sulfide) groups is 2. The van der Waals surface area contributed by atoms with Crippen molar-refractivity contribution in [1.29, 1.82) is 0 Å². The van der Waals surface area contributed by atoms with Gasteiger partial charge in [-0.15, -0.1) is 0 Å². The monoisotopic (exact) mass is 504 g/mol. The number of hydrogen-bond acceptors (Lipinski definition) is 7. The number of aryl methyl sites for hydroxylation is 1. The Labute approximate surface area is 215 Å². The summed E-state index contributed by atoms with van der Waals surface area (Å²) < 4.78 is 0. The van der Waals surface area contributed by atoms with Crippen LogP contribution in [0.25, 0.3) is 0 Å². The fourth-order valence-corrected chi connectivity index (χ4v) is 5.43. The number of aromatic hydroxyl groups is 1. The fourth-order valence-electron chi connectivity index (χ4n) is 3.71. The molecule has 190 valence electrons. The molecule has 0 aliphatic rings. The number of hydrogen-bond donors (Lipinski definition) is 2. The number of nitrogens with one attached hydrogen (secondary N) is 1. The fraction of sp³-hybridized carbons (Fsp3) is 0.667. The molecule has 0 saturated heterocycles. The Morgan fingerprint density at radius 2 is 1.21 bits per heavy atom. The molecule has 0 bridgehead atoms. The van der Waals surface area contributed by atoms with Crippen LogP contribution in [0.4, 0.5) is 11.6 Å². The molecule has 1 aromatic carbocycles. The summed E-state index contributed by atoms with van der Waals surface area (Å²) >= 11 is 3.44. The quantitative estimate of drug-likeness (QED) is 0.155. The van der Waals surface area contributed by atoms with Crippen molar-refractivity contribution in [3.8, 4) is 5.75 Å². The second-order valence-electron chi connectivity index (χ2n) is 8.99. The molecular weight excluding hydrogens is 460 g/mol. The lowest BCUT2D eigenvalue weighted by molar-refractivity contribution is 0.467. The van der Waals surface area contributed by atoms with Gasteiger partial charge in [0, 0.05) is 22.8 Å². The van der Waals surface area contributed by atoms with Gasteiger partial charge in [0.2, 0.25) is 5.95 Å². The Balaban J connectivity index is 1.99. The van der Waals surface area contributed by atoms with Crippen LogP contribution >= 0.6 is 23.5 Å². The number of rotatable bonds is 18. The van der Waals surface area contributed by atoms with Crippen LogP contribution in [0.3, 0.4) is 0 Å². The maximum atomic E-state index is 10.3. The van der Waals surface area contributed by atoms with E-state index in [4.69, 9.17) is 4.98 Å². The molecule has 0 fully saturated rings. The lowest BCUT2D eigenvalue weighted by Crippen LogP contribution is -2.04. The number of phenols is 1. The Hall–Kier alpha value is -1.47. The average Bonchev–Trinajstić information content (AvgIpc) is 2.83. The van der Waals surface area contributed by atoms with Crippen LogP contribution in [0.2, 0.25) is 0 Å². The second kappa shape index (κ2) is 17.0. The zero-order valence-corrected chi connectivity index (χ0v) is 23.3. The van der Waals surface area contributed by atoms with Crippen molar-refractivity contribution in [1.82, 2.24) is 15.0 Å². The summed E-state index contributed by atoms with van der Waals surface area (Å²) in [5.41, 5.74) is 2.50. The van der Waals surface area contributed by atoms with E-state index >= 15 is 0 Å². The van der Waals surface area contributed by atoms with Gasteiger partial charge in [-0.3, -0.25) is 0 Å². The minimum atomic E-state index is 0.314. The SMILES string of the molecule is CCCCCCCCSc1nc(Nc2ccc(C)c(O)c2C)nc(SCCCCCCCC)n1. The summed E-state index contributed by atoms with van der Waals surface area (Å²) in [6, 6.07) is 3.88. The van der Waals surface area contributed by atoms with E-state index in [0.29, 0.717) is 11.7 Å². The van der Waals surface area contributed by atoms with Gasteiger partial charge in [0.15, 0.2) is 10.3 Å². The number of aromatic nitrogens is 3. The smallest absolute Gasteiger partial charge is 0.232 e. The molecule has 7 heteroatoms. The van der Waals surface area contributed by atoms with Crippen molar-refractivity contribution in [3.05, 3.63) is 23.3 Å². The Morgan fingerprint density at radius 3 is 1.74 bits per heavy atom. The first kappa shape index (κ1) is 28.8. The molecule has 0 spiro atoms. The van der Waals surface area contributed by atoms with Crippen LogP contribution in [-0.2, 0) is 0 Å². The first-order valence-corrected chi connectivity index (χ1v) is 15.1. The van der Waals surface area contributed by atoms with E-state index in [-0.39, 0.29) is 0 Å². The molecular formula is C27H44N4OS2. The van der Waals surface area contributed by atoms with Gasteiger partial charge in [0.1, 0.15) is 5.75 Å². The predicted octanol–water partition coefficient (Wildman–Crippen LogP) is 8.84. The molecule has 0 saturated carbocycles. The molecule has 2 rings (SSSR count). The molecule has 0 radical (unpaired) electrons. The highest BCUT2D eigenvalue weighted by molar-refractivity contribution is 7.99. The van der Waals surface area contributed by atoms with Crippen molar-refractivity contribution in [3.63, 3.8) is 0 Å². The first-order valence-electron chi connectivity index (χ1n) is 13.1. The first-order chi connectivity index (χ1) is 16.5. The lowest BCUT2D eigenvalue weighted by Gasteiger charge is -2.12. The molecule has 5 nitrogen and oxygen atoms in total. The molecule has 0 aliphatic carbocycles. The third-order valence-electron chi connectivity index (χ3n) is 5.93. The highest BCUT2D eigenvalue weighted by Gasteiger charge is 2.12. The van der Waals surface area contributed by atoms with Crippen molar-refractivity contribution < 1.29 is 5.11 Å². The average molecular weight is 505 g/mol. The molecule has 0 atom stereocenters. The van der Waals surface area contributed by atoms with Crippen LogP contribution in [-0.4, -0.2) is 31.6 Å². The Bertz CT molecular complexity index is 811. The number of benzene rings is 1. The highest BCUT2D eigenvalue weighted by Crippen LogP contribution is 2.30. The summed E-state index contributed by atoms with van der Waals surface area (Å²) in [6.45, 7) is 8.32. The van der Waals surface area contributed by atoms with Gasteiger partial charge in [0.25, 0.3) is 0 Å². The molecule has 2 aromatic rings. The lowest BCUT2D eigenvalue weighted by atomic mass is 10.1. The number of unbranched alkanes of at least 4 members (excludes halogenated alkanes) is 10. The van der Waals surface area contributed by atoms with Crippen LogP contribution in [0, 0.1) is 13.8 Å². The molecule has 0 aliphatic heterocycles. The third-order valence-corrected chi connectivity index (χ3v) is 7.80. The summed E-state index contributed by atoms with van der Waals surface area (Å²) in [5.74, 6) is 2.93. The molecule has 2 N–H and O–H groups in total.